The minimum absolute atomic E-state index is 0.0303. The summed E-state index contributed by atoms with van der Waals surface area (Å²) in [4.78, 5) is 14.7. The van der Waals surface area contributed by atoms with Gasteiger partial charge in [0.2, 0.25) is 5.91 Å². The van der Waals surface area contributed by atoms with Crippen LogP contribution in [0.2, 0.25) is 0 Å². The molecule has 1 amide bonds. The number of nitrogens with zero attached hydrogens (tertiary/aromatic N) is 1. The Balaban J connectivity index is 1.62. The van der Waals surface area contributed by atoms with Crippen LogP contribution in [0.15, 0.2) is 0 Å². The van der Waals surface area contributed by atoms with Crippen LogP contribution in [0.3, 0.4) is 0 Å². The second kappa shape index (κ2) is 5.20. The van der Waals surface area contributed by atoms with Crippen LogP contribution in [-0.2, 0) is 9.53 Å². The van der Waals surface area contributed by atoms with E-state index in [0.29, 0.717) is 11.8 Å². The van der Waals surface area contributed by atoms with Crippen LogP contribution in [0.1, 0.15) is 57.8 Å². The van der Waals surface area contributed by atoms with Crippen molar-refractivity contribution in [1.29, 1.82) is 0 Å². The van der Waals surface area contributed by atoms with Crippen molar-refractivity contribution in [3.63, 3.8) is 0 Å². The maximum Gasteiger partial charge on any atom is 0.225 e. The highest BCUT2D eigenvalue weighted by molar-refractivity contribution is 5.79. The zero-order valence-corrected chi connectivity index (χ0v) is 11.3. The highest BCUT2D eigenvalue weighted by Gasteiger charge is 2.41. The van der Waals surface area contributed by atoms with Crippen LogP contribution >= 0.6 is 0 Å². The standard InChI is InChI=1S/C15H25NO2/c17-14(13-6-2-1-3-7-13)16-10-11-18-15(12-16)8-4-5-9-15/h13H,1-12H2. The second-order valence-electron chi connectivity index (χ2n) is 6.33. The van der Waals surface area contributed by atoms with E-state index in [2.05, 4.69) is 4.90 Å². The van der Waals surface area contributed by atoms with E-state index in [4.69, 9.17) is 4.74 Å². The van der Waals surface area contributed by atoms with Gasteiger partial charge in [0.05, 0.1) is 12.2 Å². The van der Waals surface area contributed by atoms with E-state index >= 15 is 0 Å². The molecule has 18 heavy (non-hydrogen) atoms. The Morgan fingerprint density at radius 1 is 1.06 bits per heavy atom. The molecular formula is C15H25NO2. The van der Waals surface area contributed by atoms with Crippen LogP contribution in [0, 0.1) is 5.92 Å². The van der Waals surface area contributed by atoms with Gasteiger partial charge in [-0.2, -0.15) is 0 Å². The quantitative estimate of drug-likeness (QED) is 0.717. The van der Waals surface area contributed by atoms with Gasteiger partial charge in [-0.05, 0) is 25.7 Å². The van der Waals surface area contributed by atoms with E-state index in [1.165, 1.54) is 32.1 Å². The van der Waals surface area contributed by atoms with Crippen molar-refractivity contribution in [2.45, 2.75) is 63.4 Å². The number of ether oxygens (including phenoxy) is 1. The summed E-state index contributed by atoms with van der Waals surface area (Å²) >= 11 is 0. The van der Waals surface area contributed by atoms with E-state index < -0.39 is 0 Å². The van der Waals surface area contributed by atoms with Gasteiger partial charge in [-0.1, -0.05) is 32.1 Å². The Kier molecular flexibility index (Phi) is 3.60. The Morgan fingerprint density at radius 2 is 1.78 bits per heavy atom. The maximum atomic E-state index is 12.6. The monoisotopic (exact) mass is 251 g/mol. The highest BCUT2D eigenvalue weighted by Crippen LogP contribution is 2.36. The van der Waals surface area contributed by atoms with Crippen molar-refractivity contribution in [3.05, 3.63) is 0 Å². The molecule has 0 bridgehead atoms. The van der Waals surface area contributed by atoms with E-state index in [0.717, 1.165) is 45.4 Å². The molecule has 0 aromatic heterocycles. The normalized spacial score (nSPS) is 28.8. The molecule has 3 rings (SSSR count). The molecule has 3 aliphatic rings. The first-order chi connectivity index (χ1) is 8.79. The van der Waals surface area contributed by atoms with Gasteiger partial charge in [0, 0.05) is 19.0 Å². The van der Waals surface area contributed by atoms with Gasteiger partial charge in [0.15, 0.2) is 0 Å². The number of carbonyl (C=O) groups is 1. The summed E-state index contributed by atoms with van der Waals surface area (Å²) in [5, 5.41) is 0. The number of hydrogen-bond donors (Lipinski definition) is 0. The second-order valence-corrected chi connectivity index (χ2v) is 6.33. The van der Waals surface area contributed by atoms with Crippen LogP contribution < -0.4 is 0 Å². The van der Waals surface area contributed by atoms with Crippen molar-refractivity contribution in [1.82, 2.24) is 4.90 Å². The predicted molar refractivity (Wildman–Crippen MR) is 70.3 cm³/mol. The lowest BCUT2D eigenvalue weighted by Gasteiger charge is -2.42. The summed E-state index contributed by atoms with van der Waals surface area (Å²) in [5.41, 5.74) is 0.0303. The summed E-state index contributed by atoms with van der Waals surface area (Å²) in [5.74, 6) is 0.736. The number of rotatable bonds is 1. The molecule has 0 unspecified atom stereocenters. The molecule has 2 aliphatic carbocycles. The SMILES string of the molecule is O=C(C1CCCCC1)N1CCOC2(CCCC2)C1. The van der Waals surface area contributed by atoms with E-state index in [-0.39, 0.29) is 5.60 Å². The van der Waals surface area contributed by atoms with Crippen molar-refractivity contribution in [2.24, 2.45) is 5.92 Å². The van der Waals surface area contributed by atoms with E-state index in [9.17, 15) is 4.79 Å². The molecular weight excluding hydrogens is 226 g/mol. The number of morpholine rings is 1. The molecule has 102 valence electrons. The zero-order chi connectivity index (χ0) is 12.4. The number of carbonyl (C=O) groups excluding carboxylic acids is 1. The molecule has 0 radical (unpaired) electrons. The van der Waals surface area contributed by atoms with Gasteiger partial charge in [-0.3, -0.25) is 4.79 Å². The smallest absolute Gasteiger partial charge is 0.225 e. The predicted octanol–water partition coefficient (Wildman–Crippen LogP) is 2.74. The minimum atomic E-state index is 0.0303. The molecule has 3 nitrogen and oxygen atoms in total. The lowest BCUT2D eigenvalue weighted by Crippen LogP contribution is -2.53. The highest BCUT2D eigenvalue weighted by atomic mass is 16.5. The van der Waals surface area contributed by atoms with Crippen molar-refractivity contribution < 1.29 is 9.53 Å². The summed E-state index contributed by atoms with van der Waals surface area (Å²) < 4.78 is 6.00. The third kappa shape index (κ3) is 2.42. The third-order valence-electron chi connectivity index (χ3n) is 5.03. The number of amides is 1. The largest absolute Gasteiger partial charge is 0.371 e. The fourth-order valence-corrected chi connectivity index (χ4v) is 3.96. The van der Waals surface area contributed by atoms with Gasteiger partial charge in [0.1, 0.15) is 0 Å². The van der Waals surface area contributed by atoms with Crippen LogP contribution in [0.5, 0.6) is 0 Å². The Morgan fingerprint density at radius 3 is 2.50 bits per heavy atom. The minimum Gasteiger partial charge on any atom is -0.371 e. The molecule has 0 atom stereocenters. The lowest BCUT2D eigenvalue weighted by molar-refractivity contribution is -0.154. The topological polar surface area (TPSA) is 29.5 Å². The zero-order valence-electron chi connectivity index (χ0n) is 11.3. The lowest BCUT2D eigenvalue weighted by atomic mass is 9.87. The molecule has 1 spiro atoms. The molecule has 0 aromatic carbocycles. The summed E-state index contributed by atoms with van der Waals surface area (Å²) in [6.45, 7) is 2.43. The van der Waals surface area contributed by atoms with Crippen molar-refractivity contribution in [3.8, 4) is 0 Å². The molecule has 3 fully saturated rings. The van der Waals surface area contributed by atoms with Gasteiger partial charge >= 0.3 is 0 Å². The van der Waals surface area contributed by atoms with Crippen molar-refractivity contribution in [2.75, 3.05) is 19.7 Å². The molecule has 1 aliphatic heterocycles. The molecule has 3 heteroatoms. The molecule has 2 saturated carbocycles. The molecule has 0 N–H and O–H groups in total. The Hall–Kier alpha value is -0.570. The van der Waals surface area contributed by atoms with Gasteiger partial charge in [0.25, 0.3) is 0 Å². The van der Waals surface area contributed by atoms with E-state index in [1.807, 2.05) is 0 Å². The average molecular weight is 251 g/mol. The third-order valence-corrected chi connectivity index (χ3v) is 5.03. The van der Waals surface area contributed by atoms with Gasteiger partial charge < -0.3 is 9.64 Å². The summed E-state index contributed by atoms with van der Waals surface area (Å²) in [6.07, 6.45) is 10.9. The van der Waals surface area contributed by atoms with Gasteiger partial charge in [-0.25, -0.2) is 0 Å². The Bertz CT molecular complexity index is 304. The Labute approximate surface area is 110 Å². The molecule has 0 aromatic rings. The average Bonchev–Trinajstić information content (AvgIpc) is 2.87. The fraction of sp³-hybridized carbons (Fsp3) is 0.933. The van der Waals surface area contributed by atoms with Gasteiger partial charge in [-0.15, -0.1) is 0 Å². The maximum absolute atomic E-state index is 12.6. The molecule has 1 heterocycles. The first-order valence-corrected chi connectivity index (χ1v) is 7.72. The van der Waals surface area contributed by atoms with Crippen LogP contribution in [0.4, 0.5) is 0 Å². The first kappa shape index (κ1) is 12.5. The van der Waals surface area contributed by atoms with Crippen LogP contribution in [0.25, 0.3) is 0 Å². The number of hydrogen-bond acceptors (Lipinski definition) is 2. The van der Waals surface area contributed by atoms with Crippen LogP contribution in [-0.4, -0.2) is 36.1 Å². The fourth-order valence-electron chi connectivity index (χ4n) is 3.96. The summed E-state index contributed by atoms with van der Waals surface area (Å²) in [7, 11) is 0. The first-order valence-electron chi connectivity index (χ1n) is 7.72. The van der Waals surface area contributed by atoms with E-state index in [1.54, 1.807) is 0 Å². The van der Waals surface area contributed by atoms with Crippen molar-refractivity contribution >= 4 is 5.91 Å². The molecule has 1 saturated heterocycles. The summed E-state index contributed by atoms with van der Waals surface area (Å²) in [6, 6.07) is 0.